The number of hydrogen-bond acceptors (Lipinski definition) is 2. The van der Waals surface area contributed by atoms with Gasteiger partial charge in [-0.25, -0.2) is 5.43 Å². The third-order valence-electron chi connectivity index (χ3n) is 9.37. The summed E-state index contributed by atoms with van der Waals surface area (Å²) in [6, 6.07) is 8.84. The molecular weight excluding hydrogens is 420 g/mol. The molecule has 2 fully saturated rings. The normalized spacial score (nSPS) is 32.6. The molecule has 2 saturated carbocycles. The van der Waals surface area contributed by atoms with E-state index in [1.54, 1.807) is 5.57 Å². The lowest BCUT2D eigenvalue weighted by atomic mass is 9.52. The van der Waals surface area contributed by atoms with Gasteiger partial charge < -0.3 is 0 Å². The van der Waals surface area contributed by atoms with Gasteiger partial charge in [0.15, 0.2) is 11.5 Å². The van der Waals surface area contributed by atoms with Crippen LogP contribution >= 0.6 is 0 Å². The molecule has 4 heteroatoms. The number of allylic oxidation sites excluding steroid dienone is 4. The Bertz CT molecular complexity index is 1130. The minimum atomic E-state index is 0.223. The van der Waals surface area contributed by atoms with Gasteiger partial charge in [0.2, 0.25) is 0 Å². The maximum Gasteiger partial charge on any atom is 0.253 e. The highest BCUT2D eigenvalue weighted by Gasteiger charge is 2.56. The molecule has 1 amide bonds. The van der Waals surface area contributed by atoms with Crippen molar-refractivity contribution in [2.24, 2.45) is 23.2 Å². The Morgan fingerprint density at radius 3 is 2.56 bits per heavy atom. The van der Waals surface area contributed by atoms with Gasteiger partial charge in [-0.2, -0.15) is 4.59 Å². The number of rotatable bonds is 4. The molecule has 4 nitrogen and oxygen atoms in total. The first-order valence-corrected chi connectivity index (χ1v) is 12.8. The van der Waals surface area contributed by atoms with E-state index in [1.165, 1.54) is 29.6 Å². The molecule has 5 atom stereocenters. The van der Waals surface area contributed by atoms with E-state index in [4.69, 9.17) is 0 Å². The molecule has 0 aromatic heterocycles. The second-order valence-corrected chi connectivity index (χ2v) is 11.4. The van der Waals surface area contributed by atoms with Crippen molar-refractivity contribution in [3.63, 3.8) is 0 Å². The van der Waals surface area contributed by atoms with E-state index in [9.17, 15) is 9.59 Å². The summed E-state index contributed by atoms with van der Waals surface area (Å²) in [4.78, 5) is 23.3. The number of fused-ring (bicyclic) bond motifs is 4. The van der Waals surface area contributed by atoms with Gasteiger partial charge >= 0.3 is 0 Å². The number of nitrogens with zero attached hydrogens (tertiary/aromatic N) is 1. The van der Waals surface area contributed by atoms with Crippen molar-refractivity contribution in [2.45, 2.75) is 64.7 Å². The maximum absolute atomic E-state index is 12.2. The number of quaternary nitrogens is 1. The van der Waals surface area contributed by atoms with Crippen LogP contribution in [0.5, 0.6) is 0 Å². The van der Waals surface area contributed by atoms with Gasteiger partial charge in [0, 0.05) is 30.4 Å². The standard InChI is InChI=1S/C30H36N2O2/c1-5-6-22-10-16-28-26-14-9-21-17-24(34)13-15-25(21)29(26)27(18-30(22,28)2)20-7-11-23(12-8-20)32(3,4)31-19-33/h7-8,11-12,17,19,22,26-28H,9-10,13-16,18H2,1-4H3/p+1/t22-,26-,27+,28-,30+/m0/s1. The average Bonchev–Trinajstić information content (AvgIpc) is 3.14. The van der Waals surface area contributed by atoms with Crippen LogP contribution < -0.4 is 10.0 Å². The van der Waals surface area contributed by atoms with Crippen molar-refractivity contribution in [3.8, 4) is 11.8 Å². The highest BCUT2D eigenvalue weighted by molar-refractivity contribution is 5.93. The largest absolute Gasteiger partial charge is 0.295 e. The van der Waals surface area contributed by atoms with Gasteiger partial charge in [0.25, 0.3) is 6.41 Å². The molecule has 5 rings (SSSR count). The predicted molar refractivity (Wildman–Crippen MR) is 136 cm³/mol. The molecule has 4 aliphatic rings. The average molecular weight is 458 g/mol. The summed E-state index contributed by atoms with van der Waals surface area (Å²) in [5.74, 6) is 9.22. The van der Waals surface area contributed by atoms with Crippen molar-refractivity contribution in [1.82, 2.24) is 10.0 Å². The number of ketones is 1. The van der Waals surface area contributed by atoms with E-state index in [0.717, 1.165) is 37.8 Å². The van der Waals surface area contributed by atoms with Gasteiger partial charge in [0.1, 0.15) is 0 Å². The molecule has 0 aliphatic heterocycles. The molecule has 0 radical (unpaired) electrons. The zero-order valence-electron chi connectivity index (χ0n) is 21.0. The van der Waals surface area contributed by atoms with Crippen molar-refractivity contribution >= 4 is 17.9 Å². The Morgan fingerprint density at radius 1 is 1.09 bits per heavy atom. The Morgan fingerprint density at radius 2 is 1.85 bits per heavy atom. The van der Waals surface area contributed by atoms with Crippen LogP contribution in [0.15, 0.2) is 47.1 Å². The van der Waals surface area contributed by atoms with Crippen LogP contribution in [0.2, 0.25) is 0 Å². The van der Waals surface area contributed by atoms with Crippen LogP contribution in [0.1, 0.15) is 70.3 Å². The summed E-state index contributed by atoms with van der Waals surface area (Å²) in [5.41, 5.74) is 9.94. The van der Waals surface area contributed by atoms with Gasteiger partial charge in [-0.05, 0) is 85.5 Å². The quantitative estimate of drug-likeness (QED) is 0.283. The Kier molecular flexibility index (Phi) is 5.81. The molecule has 34 heavy (non-hydrogen) atoms. The summed E-state index contributed by atoms with van der Waals surface area (Å²) < 4.78 is 0.313. The molecule has 1 N–H and O–H groups in total. The second kappa shape index (κ2) is 8.54. The van der Waals surface area contributed by atoms with E-state index in [1.807, 2.05) is 27.1 Å². The van der Waals surface area contributed by atoms with Crippen LogP contribution in [0.3, 0.4) is 0 Å². The zero-order valence-corrected chi connectivity index (χ0v) is 21.0. The van der Waals surface area contributed by atoms with Crippen LogP contribution in [0, 0.1) is 35.0 Å². The lowest BCUT2D eigenvalue weighted by molar-refractivity contribution is -0.115. The SMILES string of the molecule is CC#C[C@H]1CC[C@H]2[C@@H]3CCC4=CC(=O)CCC4=C3[C@@H](c3ccc([N+](C)(C)NC=O)cc3)C[C@]12C. The summed E-state index contributed by atoms with van der Waals surface area (Å²) in [5, 5.41) is 0. The van der Waals surface area contributed by atoms with Crippen molar-refractivity contribution < 1.29 is 9.59 Å². The molecule has 1 aromatic rings. The molecule has 0 bridgehead atoms. The van der Waals surface area contributed by atoms with E-state index in [-0.39, 0.29) is 5.41 Å². The van der Waals surface area contributed by atoms with Crippen molar-refractivity contribution in [2.75, 3.05) is 14.1 Å². The van der Waals surface area contributed by atoms with E-state index < -0.39 is 0 Å². The summed E-state index contributed by atoms with van der Waals surface area (Å²) >= 11 is 0. The fourth-order valence-electron chi connectivity index (χ4n) is 7.65. The lowest BCUT2D eigenvalue weighted by Gasteiger charge is -2.52. The smallest absolute Gasteiger partial charge is 0.253 e. The molecule has 178 valence electrons. The van der Waals surface area contributed by atoms with Crippen LogP contribution in [0.25, 0.3) is 0 Å². The summed E-state index contributed by atoms with van der Waals surface area (Å²) in [6.07, 6.45) is 10.0. The first-order valence-electron chi connectivity index (χ1n) is 12.8. The van der Waals surface area contributed by atoms with Gasteiger partial charge in [0.05, 0.1) is 14.1 Å². The number of benzene rings is 1. The molecule has 0 heterocycles. The van der Waals surface area contributed by atoms with E-state index >= 15 is 0 Å². The third-order valence-corrected chi connectivity index (χ3v) is 9.37. The van der Waals surface area contributed by atoms with E-state index in [2.05, 4.69) is 48.5 Å². The minimum absolute atomic E-state index is 0.223. The number of hydrogen-bond donors (Lipinski definition) is 1. The van der Waals surface area contributed by atoms with Crippen molar-refractivity contribution in [1.29, 1.82) is 0 Å². The predicted octanol–water partition coefficient (Wildman–Crippen LogP) is 5.45. The molecular formula is C30H37N2O2+. The first kappa shape index (κ1) is 23.1. The number of nitrogens with one attached hydrogen (secondary N) is 1. The Hall–Kier alpha value is -2.64. The lowest BCUT2D eigenvalue weighted by Crippen LogP contribution is -2.52. The Labute approximate surface area is 204 Å². The molecule has 1 aromatic carbocycles. The van der Waals surface area contributed by atoms with Crippen LogP contribution in [0.4, 0.5) is 5.69 Å². The summed E-state index contributed by atoms with van der Waals surface area (Å²) in [7, 11) is 3.94. The van der Waals surface area contributed by atoms with Gasteiger partial charge in [-0.1, -0.05) is 30.6 Å². The van der Waals surface area contributed by atoms with Crippen LogP contribution in [-0.4, -0.2) is 26.3 Å². The first-order chi connectivity index (χ1) is 16.3. The molecule has 0 saturated heterocycles. The highest BCUT2D eigenvalue weighted by atomic mass is 16.1. The van der Waals surface area contributed by atoms with Crippen molar-refractivity contribution in [3.05, 3.63) is 52.6 Å². The zero-order chi connectivity index (χ0) is 24.1. The number of carbonyl (C=O) groups is 2. The van der Waals surface area contributed by atoms with E-state index in [0.29, 0.717) is 40.5 Å². The Balaban J connectivity index is 1.61. The van der Waals surface area contributed by atoms with Gasteiger partial charge in [-0.3, -0.25) is 9.59 Å². The molecule has 0 unspecified atom stereocenters. The van der Waals surface area contributed by atoms with Gasteiger partial charge in [-0.15, -0.1) is 5.92 Å². The topological polar surface area (TPSA) is 46.2 Å². The number of carbonyl (C=O) groups excluding carboxylic acids is 2. The molecule has 4 aliphatic carbocycles. The monoisotopic (exact) mass is 457 g/mol. The summed E-state index contributed by atoms with van der Waals surface area (Å²) in [6.45, 7) is 4.49. The minimum Gasteiger partial charge on any atom is -0.295 e. The fraction of sp³-hybridized carbons (Fsp3) is 0.533. The fourth-order valence-corrected chi connectivity index (χ4v) is 7.65. The third kappa shape index (κ3) is 3.66. The molecule has 0 spiro atoms. The maximum atomic E-state index is 12.2. The second-order valence-electron chi connectivity index (χ2n) is 11.4. The highest BCUT2D eigenvalue weighted by Crippen LogP contribution is 2.65. The van der Waals surface area contributed by atoms with Crippen LogP contribution in [-0.2, 0) is 9.59 Å². The number of amides is 1.